The monoisotopic (exact) mass is 293 g/mol. The first kappa shape index (κ1) is 14.5. The van der Waals surface area contributed by atoms with Gasteiger partial charge in [-0.2, -0.15) is 0 Å². The smallest absolute Gasteiger partial charge is 0.170 e. The van der Waals surface area contributed by atoms with Crippen LogP contribution < -0.4 is 11.1 Å². The predicted molar refractivity (Wildman–Crippen MR) is 78.5 cm³/mol. The van der Waals surface area contributed by atoms with E-state index >= 15 is 0 Å². The van der Waals surface area contributed by atoms with Gasteiger partial charge in [0.05, 0.1) is 0 Å². The summed E-state index contributed by atoms with van der Waals surface area (Å²) >= 11 is 1.73. The Morgan fingerprint density at radius 3 is 2.80 bits per heavy atom. The van der Waals surface area contributed by atoms with E-state index < -0.39 is 5.82 Å². The van der Waals surface area contributed by atoms with Gasteiger partial charge in [-0.25, -0.2) is 4.39 Å². The van der Waals surface area contributed by atoms with Crippen LogP contribution in [-0.2, 0) is 13.1 Å². The summed E-state index contributed by atoms with van der Waals surface area (Å²) in [5, 5.41) is 14.9. The number of nitrogens with two attached hydrogens (primary N) is 1. The number of hydrogen-bond acceptors (Lipinski definition) is 4. The third kappa shape index (κ3) is 3.55. The summed E-state index contributed by atoms with van der Waals surface area (Å²) in [6, 6.07) is 8.40. The molecular weight excluding hydrogens is 277 g/mol. The molecule has 1 heterocycles. The molecule has 6 heteroatoms. The summed E-state index contributed by atoms with van der Waals surface area (Å²) in [6.45, 7) is 3.30. The quantitative estimate of drug-likeness (QED) is 0.343. The van der Waals surface area contributed by atoms with Gasteiger partial charge in [-0.15, -0.1) is 11.3 Å². The zero-order chi connectivity index (χ0) is 14.5. The van der Waals surface area contributed by atoms with Crippen molar-refractivity contribution in [1.82, 2.24) is 5.32 Å². The zero-order valence-electron chi connectivity index (χ0n) is 11.1. The van der Waals surface area contributed by atoms with Crippen molar-refractivity contribution < 1.29 is 9.60 Å². The van der Waals surface area contributed by atoms with E-state index in [1.54, 1.807) is 17.4 Å². The molecule has 1 aromatic heterocycles. The first-order valence-electron chi connectivity index (χ1n) is 6.12. The number of nitrogens with zero attached hydrogens (tertiary/aromatic N) is 1. The van der Waals surface area contributed by atoms with Gasteiger partial charge in [-0.05, 0) is 36.8 Å². The lowest BCUT2D eigenvalue weighted by Crippen LogP contribution is -2.20. The molecule has 2 rings (SSSR count). The molecule has 0 amide bonds. The molecule has 0 spiro atoms. The van der Waals surface area contributed by atoms with E-state index in [-0.39, 0.29) is 5.84 Å². The molecule has 0 aliphatic heterocycles. The maximum absolute atomic E-state index is 13.2. The van der Waals surface area contributed by atoms with Crippen molar-refractivity contribution in [2.75, 3.05) is 0 Å². The van der Waals surface area contributed by atoms with Crippen LogP contribution in [0.1, 0.15) is 20.9 Å². The lowest BCUT2D eigenvalue weighted by atomic mass is 10.1. The molecule has 2 aromatic rings. The standard InChI is InChI=1S/C14H16FN3OS/c1-9-2-5-12(20-9)8-17-7-10-3-4-11(15)6-13(10)14(16)18-19/h2-6,17,19H,7-8H2,1H3,(H2,16,18). The molecule has 4 nitrogen and oxygen atoms in total. The number of benzene rings is 1. The molecule has 1 aromatic carbocycles. The number of oxime groups is 1. The molecule has 0 radical (unpaired) electrons. The average Bonchev–Trinajstić information content (AvgIpc) is 2.85. The summed E-state index contributed by atoms with van der Waals surface area (Å²) < 4.78 is 13.2. The normalized spacial score (nSPS) is 11.8. The number of hydrogen-bond donors (Lipinski definition) is 3. The van der Waals surface area contributed by atoms with Gasteiger partial charge in [-0.1, -0.05) is 11.2 Å². The molecule has 0 saturated heterocycles. The highest BCUT2D eigenvalue weighted by atomic mass is 32.1. The number of halogens is 1. The molecular formula is C14H16FN3OS. The molecule has 106 valence electrons. The molecule has 4 N–H and O–H groups in total. The lowest BCUT2D eigenvalue weighted by molar-refractivity contribution is 0.318. The number of nitrogens with one attached hydrogen (secondary N) is 1. The van der Waals surface area contributed by atoms with E-state index in [0.717, 1.165) is 12.1 Å². The third-order valence-electron chi connectivity index (χ3n) is 2.87. The van der Waals surface area contributed by atoms with Crippen LogP contribution in [0, 0.1) is 12.7 Å². The summed E-state index contributed by atoms with van der Waals surface area (Å²) in [5.41, 5.74) is 6.75. The molecule has 20 heavy (non-hydrogen) atoms. The van der Waals surface area contributed by atoms with Crippen LogP contribution in [-0.4, -0.2) is 11.0 Å². The highest BCUT2D eigenvalue weighted by Crippen LogP contribution is 2.15. The van der Waals surface area contributed by atoms with Gasteiger partial charge in [0.15, 0.2) is 5.84 Å². The third-order valence-corrected chi connectivity index (χ3v) is 3.87. The second-order valence-electron chi connectivity index (χ2n) is 4.40. The van der Waals surface area contributed by atoms with E-state index in [4.69, 9.17) is 10.9 Å². The second kappa shape index (κ2) is 6.49. The number of thiophene rings is 1. The average molecular weight is 293 g/mol. The van der Waals surface area contributed by atoms with Crippen molar-refractivity contribution in [3.63, 3.8) is 0 Å². The Labute approximate surface area is 120 Å². The minimum atomic E-state index is -0.413. The maximum atomic E-state index is 13.2. The summed E-state index contributed by atoms with van der Waals surface area (Å²) in [7, 11) is 0. The van der Waals surface area contributed by atoms with E-state index in [2.05, 4.69) is 29.5 Å². The summed E-state index contributed by atoms with van der Waals surface area (Å²) in [4.78, 5) is 2.50. The molecule has 0 unspecified atom stereocenters. The van der Waals surface area contributed by atoms with Gasteiger partial charge in [0.25, 0.3) is 0 Å². The highest BCUT2D eigenvalue weighted by molar-refractivity contribution is 7.11. The first-order valence-corrected chi connectivity index (χ1v) is 6.94. The Balaban J connectivity index is 2.05. The topological polar surface area (TPSA) is 70.6 Å². The molecule has 0 saturated carbocycles. The molecule has 0 bridgehead atoms. The van der Waals surface area contributed by atoms with Crippen molar-refractivity contribution in [3.05, 3.63) is 57.0 Å². The van der Waals surface area contributed by atoms with Crippen LogP contribution in [0.15, 0.2) is 35.5 Å². The fraction of sp³-hybridized carbons (Fsp3) is 0.214. The van der Waals surface area contributed by atoms with Crippen molar-refractivity contribution in [2.45, 2.75) is 20.0 Å². The minimum absolute atomic E-state index is 0.0896. The van der Waals surface area contributed by atoms with E-state index in [9.17, 15) is 4.39 Å². The molecule has 0 aliphatic carbocycles. The summed E-state index contributed by atoms with van der Waals surface area (Å²) in [5.74, 6) is -0.502. The van der Waals surface area contributed by atoms with Gasteiger partial charge >= 0.3 is 0 Å². The zero-order valence-corrected chi connectivity index (χ0v) is 11.9. The Morgan fingerprint density at radius 1 is 1.35 bits per heavy atom. The Bertz CT molecular complexity index is 625. The number of rotatable bonds is 5. The van der Waals surface area contributed by atoms with Crippen LogP contribution in [0.4, 0.5) is 4.39 Å². The second-order valence-corrected chi connectivity index (χ2v) is 5.78. The SMILES string of the molecule is Cc1ccc(CNCc2ccc(F)cc2C(N)=NO)s1. The number of aryl methyl sites for hydroxylation is 1. The van der Waals surface area contributed by atoms with Gasteiger partial charge in [0.2, 0.25) is 0 Å². The van der Waals surface area contributed by atoms with E-state index in [1.165, 1.54) is 21.9 Å². The maximum Gasteiger partial charge on any atom is 0.170 e. The predicted octanol–water partition coefficient (Wildman–Crippen LogP) is 2.58. The lowest BCUT2D eigenvalue weighted by Gasteiger charge is -2.09. The van der Waals surface area contributed by atoms with Crippen molar-refractivity contribution in [2.24, 2.45) is 10.9 Å². The van der Waals surface area contributed by atoms with Gasteiger partial charge in [0.1, 0.15) is 5.82 Å². The van der Waals surface area contributed by atoms with Gasteiger partial charge < -0.3 is 16.3 Å². The van der Waals surface area contributed by atoms with Crippen molar-refractivity contribution >= 4 is 17.2 Å². The van der Waals surface area contributed by atoms with Gasteiger partial charge in [-0.3, -0.25) is 0 Å². The van der Waals surface area contributed by atoms with Crippen LogP contribution in [0.3, 0.4) is 0 Å². The first-order chi connectivity index (χ1) is 9.60. The van der Waals surface area contributed by atoms with Crippen LogP contribution >= 0.6 is 11.3 Å². The molecule has 0 fully saturated rings. The molecule has 0 atom stereocenters. The van der Waals surface area contributed by atoms with Gasteiger partial charge in [0, 0.05) is 28.4 Å². The fourth-order valence-electron chi connectivity index (χ4n) is 1.90. The Hall–Kier alpha value is -1.92. The fourth-order valence-corrected chi connectivity index (χ4v) is 2.76. The van der Waals surface area contributed by atoms with Crippen molar-refractivity contribution in [1.29, 1.82) is 0 Å². The van der Waals surface area contributed by atoms with E-state index in [0.29, 0.717) is 12.1 Å². The van der Waals surface area contributed by atoms with Crippen molar-refractivity contribution in [3.8, 4) is 0 Å². The van der Waals surface area contributed by atoms with Crippen LogP contribution in [0.5, 0.6) is 0 Å². The van der Waals surface area contributed by atoms with Crippen LogP contribution in [0.2, 0.25) is 0 Å². The molecule has 0 aliphatic rings. The Kier molecular flexibility index (Phi) is 4.70. The number of amidine groups is 1. The van der Waals surface area contributed by atoms with Crippen LogP contribution in [0.25, 0.3) is 0 Å². The highest BCUT2D eigenvalue weighted by Gasteiger charge is 2.08. The minimum Gasteiger partial charge on any atom is -0.409 e. The largest absolute Gasteiger partial charge is 0.409 e. The summed E-state index contributed by atoms with van der Waals surface area (Å²) in [6.07, 6.45) is 0. The van der Waals surface area contributed by atoms with E-state index in [1.807, 2.05) is 0 Å². The Morgan fingerprint density at radius 2 is 2.15 bits per heavy atom.